The van der Waals surface area contributed by atoms with Crippen molar-refractivity contribution in [2.24, 2.45) is 17.8 Å². The summed E-state index contributed by atoms with van der Waals surface area (Å²) >= 11 is 3.84. The molecule has 0 N–H and O–H groups in total. The lowest BCUT2D eigenvalue weighted by Gasteiger charge is -2.25. The summed E-state index contributed by atoms with van der Waals surface area (Å²) in [5.74, 6) is 2.31. The van der Waals surface area contributed by atoms with Crippen LogP contribution in [0.2, 0.25) is 0 Å². The highest BCUT2D eigenvalue weighted by molar-refractivity contribution is 9.09. The van der Waals surface area contributed by atoms with E-state index in [-0.39, 0.29) is 11.8 Å². The molecule has 0 spiro atoms. The highest BCUT2D eigenvalue weighted by Gasteiger charge is 2.47. The van der Waals surface area contributed by atoms with E-state index in [9.17, 15) is 9.59 Å². The van der Waals surface area contributed by atoms with E-state index in [1.165, 1.54) is 29.7 Å². The van der Waals surface area contributed by atoms with Gasteiger partial charge in [-0.15, -0.1) is 0 Å². The maximum atomic E-state index is 12.3. The summed E-state index contributed by atoms with van der Waals surface area (Å²) in [6.45, 7) is 0. The summed E-state index contributed by atoms with van der Waals surface area (Å²) in [7, 11) is 1.57. The van der Waals surface area contributed by atoms with Crippen LogP contribution in [0.3, 0.4) is 0 Å². The third-order valence-corrected chi connectivity index (χ3v) is 6.67. The van der Waals surface area contributed by atoms with Gasteiger partial charge in [-0.05, 0) is 54.2 Å². The molecule has 4 heteroatoms. The van der Waals surface area contributed by atoms with Crippen molar-refractivity contribution in [3.63, 3.8) is 0 Å². The Balaban J connectivity index is 1.63. The zero-order chi connectivity index (χ0) is 14.7. The third kappa shape index (κ3) is 2.15. The molecule has 0 bridgehead atoms. The van der Waals surface area contributed by atoms with Crippen molar-refractivity contribution < 1.29 is 9.59 Å². The molecule has 3 nitrogen and oxygen atoms in total. The number of likely N-dealkylation sites (N-methyl/N-ethyl adjacent to an activating group) is 1. The molecular formula is C17H18BrNO2. The topological polar surface area (TPSA) is 37.4 Å². The molecule has 3 atom stereocenters. The monoisotopic (exact) mass is 347 g/mol. The fourth-order valence-electron chi connectivity index (χ4n) is 3.97. The van der Waals surface area contributed by atoms with Crippen LogP contribution in [-0.2, 0) is 11.2 Å². The molecule has 21 heavy (non-hydrogen) atoms. The first-order valence-electron chi connectivity index (χ1n) is 7.62. The van der Waals surface area contributed by atoms with Gasteiger partial charge in [-0.25, -0.2) is 0 Å². The first-order valence-corrected chi connectivity index (χ1v) is 8.54. The smallest absolute Gasteiger partial charge is 0.260 e. The molecule has 1 aliphatic heterocycles. The van der Waals surface area contributed by atoms with Gasteiger partial charge in [-0.3, -0.25) is 14.5 Å². The van der Waals surface area contributed by atoms with E-state index < -0.39 is 0 Å². The van der Waals surface area contributed by atoms with Crippen LogP contribution in [0.4, 0.5) is 0 Å². The van der Waals surface area contributed by atoms with E-state index in [4.69, 9.17) is 0 Å². The van der Waals surface area contributed by atoms with Crippen molar-refractivity contribution in [2.45, 2.75) is 30.5 Å². The van der Waals surface area contributed by atoms with Gasteiger partial charge in [0, 0.05) is 17.4 Å². The average Bonchev–Trinajstić information content (AvgIpc) is 3.10. The Morgan fingerprint density at radius 2 is 1.90 bits per heavy atom. The largest absolute Gasteiger partial charge is 0.281 e. The molecule has 2 amide bonds. The number of fused-ring (bicyclic) bond motifs is 2. The van der Waals surface area contributed by atoms with Crippen LogP contribution in [0.15, 0.2) is 18.2 Å². The molecule has 0 aromatic heterocycles. The number of amides is 2. The molecule has 3 unspecified atom stereocenters. The SMILES string of the molecule is CN1C(=O)Cc2ccc(C(Br)C3CC4CC4C3)cc2C1=O. The Hall–Kier alpha value is -1.16. The minimum atomic E-state index is -0.169. The molecule has 0 saturated heterocycles. The van der Waals surface area contributed by atoms with Crippen molar-refractivity contribution >= 4 is 27.7 Å². The quantitative estimate of drug-likeness (QED) is 0.607. The summed E-state index contributed by atoms with van der Waals surface area (Å²) in [6, 6.07) is 6.02. The van der Waals surface area contributed by atoms with E-state index in [1.807, 2.05) is 12.1 Å². The Morgan fingerprint density at radius 3 is 2.62 bits per heavy atom. The fourth-order valence-corrected chi connectivity index (χ4v) is 4.68. The van der Waals surface area contributed by atoms with E-state index in [2.05, 4.69) is 22.0 Å². The molecule has 1 aromatic carbocycles. The van der Waals surface area contributed by atoms with Gasteiger partial charge in [-0.2, -0.15) is 0 Å². The standard InChI is InChI=1S/C17H18BrNO2/c1-19-15(20)8-9-2-3-10(7-14(9)17(19)21)16(18)13-5-11-4-12(11)6-13/h2-3,7,11-13,16H,4-6,8H2,1H3. The second kappa shape index (κ2) is 4.67. The van der Waals surface area contributed by atoms with Gasteiger partial charge >= 0.3 is 0 Å². The fraction of sp³-hybridized carbons (Fsp3) is 0.529. The van der Waals surface area contributed by atoms with Gasteiger partial charge in [0.25, 0.3) is 5.91 Å². The van der Waals surface area contributed by atoms with Crippen molar-refractivity contribution in [2.75, 3.05) is 7.05 Å². The van der Waals surface area contributed by atoms with Gasteiger partial charge in [0.1, 0.15) is 0 Å². The van der Waals surface area contributed by atoms with Crippen LogP contribution in [0, 0.1) is 17.8 Å². The molecular weight excluding hydrogens is 330 g/mol. The number of alkyl halides is 1. The molecule has 2 fully saturated rings. The van der Waals surface area contributed by atoms with E-state index in [0.717, 1.165) is 17.4 Å². The van der Waals surface area contributed by atoms with Crippen LogP contribution >= 0.6 is 15.9 Å². The van der Waals surface area contributed by atoms with Crippen LogP contribution < -0.4 is 0 Å². The van der Waals surface area contributed by atoms with Gasteiger partial charge in [0.2, 0.25) is 5.91 Å². The van der Waals surface area contributed by atoms with E-state index in [0.29, 0.717) is 22.7 Å². The Labute approximate surface area is 132 Å². The number of rotatable bonds is 2. The summed E-state index contributed by atoms with van der Waals surface area (Å²) in [5.41, 5.74) is 2.74. The highest BCUT2D eigenvalue weighted by Crippen LogP contribution is 2.58. The molecule has 3 aliphatic rings. The lowest BCUT2D eigenvalue weighted by molar-refractivity contribution is -0.127. The van der Waals surface area contributed by atoms with Crippen LogP contribution in [0.1, 0.15) is 45.6 Å². The Kier molecular flexibility index (Phi) is 3.00. The summed E-state index contributed by atoms with van der Waals surface area (Å²) < 4.78 is 0. The summed E-state index contributed by atoms with van der Waals surface area (Å²) in [6.07, 6.45) is 4.37. The average molecular weight is 348 g/mol. The third-order valence-electron chi connectivity index (χ3n) is 5.40. The molecule has 1 heterocycles. The number of carbonyl (C=O) groups is 2. The second-order valence-corrected chi connectivity index (χ2v) is 7.73. The normalized spacial score (nSPS) is 31.9. The Bertz CT molecular complexity index is 632. The number of halogens is 1. The number of carbonyl (C=O) groups excluding carboxylic acids is 2. The number of hydrogen-bond acceptors (Lipinski definition) is 2. The number of imide groups is 1. The zero-order valence-corrected chi connectivity index (χ0v) is 13.6. The lowest BCUT2D eigenvalue weighted by Crippen LogP contribution is -2.39. The van der Waals surface area contributed by atoms with E-state index in [1.54, 1.807) is 7.05 Å². The number of nitrogens with zero attached hydrogens (tertiary/aromatic N) is 1. The van der Waals surface area contributed by atoms with Gasteiger partial charge in [0.15, 0.2) is 0 Å². The summed E-state index contributed by atoms with van der Waals surface area (Å²) in [4.78, 5) is 25.6. The zero-order valence-electron chi connectivity index (χ0n) is 12.0. The maximum Gasteiger partial charge on any atom is 0.260 e. The highest BCUT2D eigenvalue weighted by atomic mass is 79.9. The molecule has 2 aliphatic carbocycles. The lowest BCUT2D eigenvalue weighted by atomic mass is 9.90. The first kappa shape index (κ1) is 13.5. The number of hydrogen-bond donors (Lipinski definition) is 0. The minimum Gasteiger partial charge on any atom is -0.281 e. The van der Waals surface area contributed by atoms with Crippen molar-refractivity contribution in [3.8, 4) is 0 Å². The van der Waals surface area contributed by atoms with Crippen molar-refractivity contribution in [1.29, 1.82) is 0 Å². The maximum absolute atomic E-state index is 12.3. The first-order chi connectivity index (χ1) is 10.0. The predicted molar refractivity (Wildman–Crippen MR) is 83.2 cm³/mol. The molecule has 0 radical (unpaired) electrons. The predicted octanol–water partition coefficient (Wildman–Crippen LogP) is 3.32. The van der Waals surface area contributed by atoms with E-state index >= 15 is 0 Å². The molecule has 2 saturated carbocycles. The van der Waals surface area contributed by atoms with Gasteiger partial charge in [-0.1, -0.05) is 28.1 Å². The van der Waals surface area contributed by atoms with Crippen molar-refractivity contribution in [1.82, 2.24) is 4.90 Å². The van der Waals surface area contributed by atoms with Gasteiger partial charge < -0.3 is 0 Å². The minimum absolute atomic E-state index is 0.119. The van der Waals surface area contributed by atoms with Crippen LogP contribution in [0.5, 0.6) is 0 Å². The molecule has 4 rings (SSSR count). The van der Waals surface area contributed by atoms with Crippen LogP contribution in [-0.4, -0.2) is 23.8 Å². The van der Waals surface area contributed by atoms with Gasteiger partial charge in [0.05, 0.1) is 6.42 Å². The van der Waals surface area contributed by atoms with Crippen LogP contribution in [0.25, 0.3) is 0 Å². The van der Waals surface area contributed by atoms with Crippen molar-refractivity contribution in [3.05, 3.63) is 34.9 Å². The Morgan fingerprint density at radius 1 is 1.19 bits per heavy atom. The molecule has 1 aromatic rings. The second-order valence-electron chi connectivity index (χ2n) is 6.74. The number of benzene rings is 1. The summed E-state index contributed by atoms with van der Waals surface area (Å²) in [5, 5.41) is 0. The molecule has 110 valence electrons.